The minimum Gasteiger partial charge on any atom is -0.467 e. The van der Waals surface area contributed by atoms with Gasteiger partial charge in [-0.15, -0.1) is 0 Å². The Morgan fingerprint density at radius 2 is 2.13 bits per heavy atom. The number of carbonyl (C=O) groups is 1. The fourth-order valence-corrected chi connectivity index (χ4v) is 1.25. The third kappa shape index (κ3) is 3.53. The lowest BCUT2D eigenvalue weighted by atomic mass is 10.2. The van der Waals surface area contributed by atoms with Crippen molar-refractivity contribution in [2.75, 3.05) is 7.11 Å². The molecule has 1 atom stereocenters. The normalized spacial score (nSPS) is 12.2. The van der Waals surface area contributed by atoms with Gasteiger partial charge in [0.1, 0.15) is 0 Å². The zero-order valence-electron chi connectivity index (χ0n) is 8.70. The number of benzene rings is 1. The fourth-order valence-electron chi connectivity index (χ4n) is 1.06. The molecule has 0 spiro atoms. The molecule has 0 heterocycles. The van der Waals surface area contributed by atoms with Crippen LogP contribution >= 0.6 is 11.6 Å². The van der Waals surface area contributed by atoms with E-state index in [1.807, 2.05) is 18.2 Å². The van der Waals surface area contributed by atoms with E-state index in [0.717, 1.165) is 5.56 Å². The van der Waals surface area contributed by atoms with Crippen molar-refractivity contribution in [2.45, 2.75) is 19.6 Å². The van der Waals surface area contributed by atoms with E-state index < -0.39 is 6.10 Å². The SMILES string of the molecule is COC(=O)[C@H](C)OCc1ccccc1Cl. The lowest BCUT2D eigenvalue weighted by Gasteiger charge is -2.11. The first-order chi connectivity index (χ1) is 7.15. The summed E-state index contributed by atoms with van der Waals surface area (Å²) in [6.45, 7) is 1.94. The van der Waals surface area contributed by atoms with Crippen molar-refractivity contribution in [3.05, 3.63) is 34.9 Å². The molecular weight excluding hydrogens is 216 g/mol. The largest absolute Gasteiger partial charge is 0.467 e. The summed E-state index contributed by atoms with van der Waals surface area (Å²) in [6, 6.07) is 7.35. The van der Waals surface area contributed by atoms with Crippen LogP contribution in [0.1, 0.15) is 12.5 Å². The summed E-state index contributed by atoms with van der Waals surface area (Å²) in [4.78, 5) is 11.0. The van der Waals surface area contributed by atoms with Gasteiger partial charge in [0.25, 0.3) is 0 Å². The molecule has 1 aromatic carbocycles. The third-order valence-corrected chi connectivity index (χ3v) is 2.35. The Bertz CT molecular complexity index is 338. The number of methoxy groups -OCH3 is 1. The summed E-state index contributed by atoms with van der Waals surface area (Å²) in [6.07, 6.45) is -0.578. The van der Waals surface area contributed by atoms with E-state index >= 15 is 0 Å². The number of ether oxygens (including phenoxy) is 2. The molecule has 1 aromatic rings. The highest BCUT2D eigenvalue weighted by Gasteiger charge is 2.13. The predicted octanol–water partition coefficient (Wildman–Crippen LogP) is 2.42. The van der Waals surface area contributed by atoms with E-state index in [4.69, 9.17) is 16.3 Å². The fraction of sp³-hybridized carbons (Fsp3) is 0.364. The molecule has 0 unspecified atom stereocenters. The lowest BCUT2D eigenvalue weighted by Crippen LogP contribution is -2.21. The Morgan fingerprint density at radius 1 is 1.47 bits per heavy atom. The number of halogens is 1. The molecule has 82 valence electrons. The minimum absolute atomic E-state index is 0.302. The molecule has 4 heteroatoms. The third-order valence-electron chi connectivity index (χ3n) is 1.98. The Kier molecular flexibility index (Phi) is 4.59. The van der Waals surface area contributed by atoms with E-state index in [1.54, 1.807) is 13.0 Å². The van der Waals surface area contributed by atoms with Crippen LogP contribution in [0.25, 0.3) is 0 Å². The molecule has 0 bridgehead atoms. The van der Waals surface area contributed by atoms with Crippen LogP contribution in [0, 0.1) is 0 Å². The molecule has 0 aliphatic heterocycles. The zero-order valence-corrected chi connectivity index (χ0v) is 9.45. The number of carbonyl (C=O) groups excluding carboxylic acids is 1. The van der Waals surface area contributed by atoms with Gasteiger partial charge in [0.2, 0.25) is 0 Å². The van der Waals surface area contributed by atoms with Gasteiger partial charge in [0.15, 0.2) is 6.10 Å². The standard InChI is InChI=1S/C11H13ClO3/c1-8(11(13)14-2)15-7-9-5-3-4-6-10(9)12/h3-6,8H,7H2,1-2H3/t8-/m0/s1. The smallest absolute Gasteiger partial charge is 0.334 e. The van der Waals surface area contributed by atoms with E-state index in [2.05, 4.69) is 4.74 Å². The van der Waals surface area contributed by atoms with E-state index in [0.29, 0.717) is 11.6 Å². The van der Waals surface area contributed by atoms with Crippen LogP contribution in [0.3, 0.4) is 0 Å². The second-order valence-electron chi connectivity index (χ2n) is 3.07. The van der Waals surface area contributed by atoms with Gasteiger partial charge in [-0.1, -0.05) is 29.8 Å². The van der Waals surface area contributed by atoms with Crippen LogP contribution in [0.4, 0.5) is 0 Å². The van der Waals surface area contributed by atoms with Crippen LogP contribution in [-0.2, 0) is 20.9 Å². The molecule has 0 saturated carbocycles. The maximum absolute atomic E-state index is 11.0. The van der Waals surface area contributed by atoms with Gasteiger partial charge in [0, 0.05) is 5.02 Å². The van der Waals surface area contributed by atoms with Gasteiger partial charge in [-0.25, -0.2) is 4.79 Å². The molecule has 1 rings (SSSR count). The highest BCUT2D eigenvalue weighted by molar-refractivity contribution is 6.31. The molecule has 0 fully saturated rings. The molecule has 0 saturated heterocycles. The number of esters is 1. The number of hydrogen-bond acceptors (Lipinski definition) is 3. The minimum atomic E-state index is -0.578. The Balaban J connectivity index is 2.50. The average Bonchev–Trinajstić information content (AvgIpc) is 2.26. The summed E-state index contributed by atoms with van der Waals surface area (Å²) in [5.74, 6) is -0.387. The Labute approximate surface area is 93.9 Å². The van der Waals surface area contributed by atoms with Crippen LogP contribution in [-0.4, -0.2) is 19.2 Å². The molecule has 0 radical (unpaired) electrons. The first-order valence-corrected chi connectivity index (χ1v) is 4.95. The van der Waals surface area contributed by atoms with Crippen molar-refractivity contribution < 1.29 is 14.3 Å². The summed E-state index contributed by atoms with van der Waals surface area (Å²) < 4.78 is 9.84. The zero-order chi connectivity index (χ0) is 11.3. The monoisotopic (exact) mass is 228 g/mol. The van der Waals surface area contributed by atoms with Crippen molar-refractivity contribution in [3.63, 3.8) is 0 Å². The van der Waals surface area contributed by atoms with E-state index in [-0.39, 0.29) is 5.97 Å². The molecule has 0 aliphatic carbocycles. The second kappa shape index (κ2) is 5.73. The van der Waals surface area contributed by atoms with Crippen molar-refractivity contribution >= 4 is 17.6 Å². The molecule has 0 aliphatic rings. The molecular formula is C11H13ClO3. The topological polar surface area (TPSA) is 35.5 Å². The van der Waals surface area contributed by atoms with Gasteiger partial charge < -0.3 is 9.47 Å². The summed E-state index contributed by atoms with van der Waals surface area (Å²) in [7, 11) is 1.33. The molecule has 15 heavy (non-hydrogen) atoms. The molecule has 0 N–H and O–H groups in total. The van der Waals surface area contributed by atoms with Crippen molar-refractivity contribution in [2.24, 2.45) is 0 Å². The van der Waals surface area contributed by atoms with Crippen molar-refractivity contribution in [1.82, 2.24) is 0 Å². The van der Waals surface area contributed by atoms with Gasteiger partial charge >= 0.3 is 5.97 Å². The van der Waals surface area contributed by atoms with Crippen molar-refractivity contribution in [1.29, 1.82) is 0 Å². The molecule has 0 amide bonds. The Morgan fingerprint density at radius 3 is 2.73 bits per heavy atom. The first kappa shape index (κ1) is 12.0. The van der Waals surface area contributed by atoms with Crippen molar-refractivity contribution in [3.8, 4) is 0 Å². The summed E-state index contributed by atoms with van der Waals surface area (Å²) in [5.41, 5.74) is 0.856. The van der Waals surface area contributed by atoms with Crippen LogP contribution in [0.2, 0.25) is 5.02 Å². The highest BCUT2D eigenvalue weighted by atomic mass is 35.5. The Hall–Kier alpha value is -1.06. The van der Waals surface area contributed by atoms with Crippen LogP contribution in [0.15, 0.2) is 24.3 Å². The number of rotatable bonds is 4. The first-order valence-electron chi connectivity index (χ1n) is 4.58. The lowest BCUT2D eigenvalue weighted by molar-refractivity contribution is -0.153. The maximum atomic E-state index is 11.0. The van der Waals surface area contributed by atoms with E-state index in [9.17, 15) is 4.79 Å². The average molecular weight is 229 g/mol. The summed E-state index contributed by atoms with van der Waals surface area (Å²) in [5, 5.41) is 0.634. The quantitative estimate of drug-likeness (QED) is 0.743. The van der Waals surface area contributed by atoms with E-state index in [1.165, 1.54) is 7.11 Å². The van der Waals surface area contributed by atoms with Gasteiger partial charge in [0.05, 0.1) is 13.7 Å². The molecule has 0 aromatic heterocycles. The van der Waals surface area contributed by atoms with Crippen LogP contribution < -0.4 is 0 Å². The maximum Gasteiger partial charge on any atom is 0.334 e. The summed E-state index contributed by atoms with van der Waals surface area (Å²) >= 11 is 5.92. The second-order valence-corrected chi connectivity index (χ2v) is 3.48. The van der Waals surface area contributed by atoms with Gasteiger partial charge in [-0.2, -0.15) is 0 Å². The molecule has 3 nitrogen and oxygen atoms in total. The number of hydrogen-bond donors (Lipinski definition) is 0. The van der Waals surface area contributed by atoms with Crippen LogP contribution in [0.5, 0.6) is 0 Å². The van der Waals surface area contributed by atoms with Gasteiger partial charge in [-0.3, -0.25) is 0 Å². The predicted molar refractivity (Wildman–Crippen MR) is 57.7 cm³/mol. The van der Waals surface area contributed by atoms with Gasteiger partial charge in [-0.05, 0) is 18.6 Å². The highest BCUT2D eigenvalue weighted by Crippen LogP contribution is 2.16.